The summed E-state index contributed by atoms with van der Waals surface area (Å²) in [5.41, 5.74) is 5.46. The van der Waals surface area contributed by atoms with Gasteiger partial charge in [-0.1, -0.05) is 71.1 Å². The molecule has 0 aliphatic rings. The summed E-state index contributed by atoms with van der Waals surface area (Å²) in [6.45, 7) is 2.25. The Morgan fingerprint density at radius 1 is 0.850 bits per heavy atom. The molecule has 0 aromatic carbocycles. The van der Waals surface area contributed by atoms with Crippen molar-refractivity contribution in [2.45, 2.75) is 90.4 Å². The van der Waals surface area contributed by atoms with Gasteiger partial charge in [0.1, 0.15) is 0 Å². The predicted molar refractivity (Wildman–Crippen MR) is 89.1 cm³/mol. The molecule has 20 heavy (non-hydrogen) atoms. The molecule has 0 saturated carbocycles. The van der Waals surface area contributed by atoms with E-state index in [1.54, 1.807) is 0 Å². The quantitative estimate of drug-likeness (QED) is 0.319. The summed E-state index contributed by atoms with van der Waals surface area (Å²) < 4.78 is 0. The first-order chi connectivity index (χ1) is 9.72. The van der Waals surface area contributed by atoms with Crippen LogP contribution >= 0.6 is 11.6 Å². The smallest absolute Gasteiger partial charge is 0.220 e. The zero-order valence-electron chi connectivity index (χ0n) is 13.3. The van der Waals surface area contributed by atoms with Gasteiger partial charge in [-0.25, -0.2) is 0 Å². The molecule has 0 saturated heterocycles. The fourth-order valence-corrected chi connectivity index (χ4v) is 2.80. The number of nitrogens with two attached hydrogens (primary N) is 1. The SMILES string of the molecule is CCCCCCCCCCCC(CCCCCl)C(N)=O. The highest BCUT2D eigenvalue weighted by molar-refractivity contribution is 6.17. The van der Waals surface area contributed by atoms with E-state index in [-0.39, 0.29) is 11.8 Å². The predicted octanol–water partition coefficient (Wildman–Crippen LogP) is 5.42. The normalized spacial score (nSPS) is 12.5. The number of amides is 1. The highest BCUT2D eigenvalue weighted by atomic mass is 35.5. The molecule has 0 rings (SSSR count). The minimum absolute atomic E-state index is 0.0720. The van der Waals surface area contributed by atoms with E-state index in [9.17, 15) is 4.79 Å². The Hall–Kier alpha value is -0.240. The molecule has 0 aromatic heterocycles. The molecule has 0 aliphatic heterocycles. The Morgan fingerprint density at radius 3 is 1.75 bits per heavy atom. The number of rotatable bonds is 15. The number of hydrogen-bond acceptors (Lipinski definition) is 1. The second kappa shape index (κ2) is 15.2. The van der Waals surface area contributed by atoms with E-state index in [1.165, 1.54) is 51.4 Å². The molecule has 0 spiro atoms. The van der Waals surface area contributed by atoms with E-state index < -0.39 is 0 Å². The summed E-state index contributed by atoms with van der Waals surface area (Å²) in [5, 5.41) is 0. The first-order valence-electron chi connectivity index (χ1n) is 8.57. The zero-order chi connectivity index (χ0) is 15.1. The van der Waals surface area contributed by atoms with Crippen LogP contribution in [-0.2, 0) is 4.79 Å². The Bertz CT molecular complexity index is 221. The molecule has 2 N–H and O–H groups in total. The molecule has 1 atom stereocenters. The van der Waals surface area contributed by atoms with E-state index in [0.29, 0.717) is 5.88 Å². The third-order valence-electron chi connectivity index (χ3n) is 3.99. The molecule has 3 heteroatoms. The largest absolute Gasteiger partial charge is 0.369 e. The summed E-state index contributed by atoms with van der Waals surface area (Å²) in [7, 11) is 0. The maximum Gasteiger partial charge on any atom is 0.220 e. The maximum atomic E-state index is 11.3. The third-order valence-corrected chi connectivity index (χ3v) is 4.26. The van der Waals surface area contributed by atoms with Crippen LogP contribution in [0.2, 0.25) is 0 Å². The van der Waals surface area contributed by atoms with Crippen molar-refractivity contribution in [1.29, 1.82) is 0 Å². The van der Waals surface area contributed by atoms with Crippen molar-refractivity contribution < 1.29 is 4.79 Å². The van der Waals surface area contributed by atoms with Gasteiger partial charge in [-0.15, -0.1) is 11.6 Å². The minimum Gasteiger partial charge on any atom is -0.369 e. The Kier molecular flexibility index (Phi) is 15.0. The number of unbranched alkanes of at least 4 members (excludes halogenated alkanes) is 9. The van der Waals surface area contributed by atoms with Crippen LogP contribution in [0.4, 0.5) is 0 Å². The highest BCUT2D eigenvalue weighted by Gasteiger charge is 2.13. The zero-order valence-corrected chi connectivity index (χ0v) is 14.1. The number of primary amides is 1. The van der Waals surface area contributed by atoms with Crippen LogP contribution in [0.15, 0.2) is 0 Å². The number of alkyl halides is 1. The standard InChI is InChI=1S/C17H34ClNO/c1-2-3-4-5-6-7-8-9-10-13-16(17(19)20)14-11-12-15-18/h16H,2-15H2,1H3,(H2,19,20). The molecule has 0 radical (unpaired) electrons. The molecular weight excluding hydrogens is 270 g/mol. The molecule has 1 amide bonds. The summed E-state index contributed by atoms with van der Waals surface area (Å²) in [4.78, 5) is 11.3. The average molecular weight is 304 g/mol. The van der Waals surface area contributed by atoms with E-state index in [0.717, 1.165) is 32.1 Å². The van der Waals surface area contributed by atoms with Crippen molar-refractivity contribution in [1.82, 2.24) is 0 Å². The fourth-order valence-electron chi connectivity index (χ4n) is 2.62. The number of halogens is 1. The molecule has 0 fully saturated rings. The van der Waals surface area contributed by atoms with Gasteiger partial charge in [0.05, 0.1) is 0 Å². The molecule has 0 aromatic rings. The monoisotopic (exact) mass is 303 g/mol. The van der Waals surface area contributed by atoms with Crippen molar-refractivity contribution in [3.63, 3.8) is 0 Å². The lowest BCUT2D eigenvalue weighted by molar-refractivity contribution is -0.122. The topological polar surface area (TPSA) is 43.1 Å². The molecule has 1 unspecified atom stereocenters. The lowest BCUT2D eigenvalue weighted by atomic mass is 9.94. The lowest BCUT2D eigenvalue weighted by Gasteiger charge is -2.12. The lowest BCUT2D eigenvalue weighted by Crippen LogP contribution is -2.23. The van der Waals surface area contributed by atoms with E-state index in [1.807, 2.05) is 0 Å². The summed E-state index contributed by atoms with van der Waals surface area (Å²) in [5.74, 6) is 0.630. The summed E-state index contributed by atoms with van der Waals surface area (Å²) >= 11 is 5.66. The van der Waals surface area contributed by atoms with Gasteiger partial charge >= 0.3 is 0 Å². The first-order valence-corrected chi connectivity index (χ1v) is 9.11. The van der Waals surface area contributed by atoms with Crippen molar-refractivity contribution in [3.05, 3.63) is 0 Å². The Labute approximate surface area is 130 Å². The third kappa shape index (κ3) is 12.8. The molecule has 0 heterocycles. The van der Waals surface area contributed by atoms with Gasteiger partial charge in [0, 0.05) is 11.8 Å². The number of carbonyl (C=O) groups excluding carboxylic acids is 1. The molecule has 0 bridgehead atoms. The van der Waals surface area contributed by atoms with Crippen molar-refractivity contribution in [2.24, 2.45) is 11.7 Å². The van der Waals surface area contributed by atoms with Gasteiger partial charge in [-0.2, -0.15) is 0 Å². The Balaban J connectivity index is 3.42. The van der Waals surface area contributed by atoms with Gasteiger partial charge in [0.2, 0.25) is 5.91 Å². The molecule has 120 valence electrons. The van der Waals surface area contributed by atoms with E-state index >= 15 is 0 Å². The van der Waals surface area contributed by atoms with Crippen LogP contribution in [0.25, 0.3) is 0 Å². The first kappa shape index (κ1) is 19.8. The van der Waals surface area contributed by atoms with Crippen LogP contribution in [0.3, 0.4) is 0 Å². The molecular formula is C17H34ClNO. The average Bonchev–Trinajstić information content (AvgIpc) is 2.43. The van der Waals surface area contributed by atoms with Crippen LogP contribution in [0, 0.1) is 5.92 Å². The number of carbonyl (C=O) groups is 1. The van der Waals surface area contributed by atoms with Gasteiger partial charge in [0.15, 0.2) is 0 Å². The van der Waals surface area contributed by atoms with Crippen LogP contribution in [-0.4, -0.2) is 11.8 Å². The summed E-state index contributed by atoms with van der Waals surface area (Å²) in [6.07, 6.45) is 15.8. The van der Waals surface area contributed by atoms with Crippen LogP contribution in [0.1, 0.15) is 90.4 Å². The van der Waals surface area contributed by atoms with Gasteiger partial charge in [-0.3, -0.25) is 4.79 Å². The van der Waals surface area contributed by atoms with Crippen LogP contribution < -0.4 is 5.73 Å². The Morgan fingerprint density at radius 2 is 1.30 bits per heavy atom. The van der Waals surface area contributed by atoms with Crippen molar-refractivity contribution in [2.75, 3.05) is 5.88 Å². The second-order valence-electron chi connectivity index (χ2n) is 5.90. The maximum absolute atomic E-state index is 11.3. The molecule has 2 nitrogen and oxygen atoms in total. The van der Waals surface area contributed by atoms with E-state index in [4.69, 9.17) is 17.3 Å². The van der Waals surface area contributed by atoms with Crippen molar-refractivity contribution in [3.8, 4) is 0 Å². The minimum atomic E-state index is -0.126. The molecule has 0 aliphatic carbocycles. The van der Waals surface area contributed by atoms with Gasteiger partial charge in [-0.05, 0) is 19.3 Å². The number of hydrogen-bond donors (Lipinski definition) is 1. The van der Waals surface area contributed by atoms with Crippen LogP contribution in [0.5, 0.6) is 0 Å². The second-order valence-corrected chi connectivity index (χ2v) is 6.28. The van der Waals surface area contributed by atoms with Gasteiger partial charge < -0.3 is 5.73 Å². The highest BCUT2D eigenvalue weighted by Crippen LogP contribution is 2.18. The van der Waals surface area contributed by atoms with E-state index in [2.05, 4.69) is 6.92 Å². The van der Waals surface area contributed by atoms with Gasteiger partial charge in [0.25, 0.3) is 0 Å². The van der Waals surface area contributed by atoms with Crippen molar-refractivity contribution >= 4 is 17.5 Å². The fraction of sp³-hybridized carbons (Fsp3) is 0.941. The summed E-state index contributed by atoms with van der Waals surface area (Å²) in [6, 6.07) is 0.